The highest BCUT2D eigenvalue weighted by Gasteiger charge is 2.30. The average molecular weight is 198 g/mol. The lowest BCUT2D eigenvalue weighted by Crippen LogP contribution is -2.28. The number of H-pyrrole nitrogens is 1. The zero-order valence-corrected chi connectivity index (χ0v) is 7.37. The molecule has 0 unspecified atom stereocenters. The minimum Gasteiger partial charge on any atom is -0.273 e. The first kappa shape index (κ1) is 8.24. The highest BCUT2D eigenvalue weighted by molar-refractivity contribution is 8.14. The van der Waals surface area contributed by atoms with Gasteiger partial charge in [-0.25, -0.2) is 4.98 Å². The van der Waals surface area contributed by atoms with Crippen molar-refractivity contribution in [3.63, 3.8) is 0 Å². The van der Waals surface area contributed by atoms with Crippen LogP contribution in [0, 0.1) is 0 Å². The molecule has 0 spiro atoms. The Hall–Kier alpha value is -1.37. The largest absolute Gasteiger partial charge is 0.289 e. The maximum atomic E-state index is 11.1. The molecule has 0 atom stereocenters. The summed E-state index contributed by atoms with van der Waals surface area (Å²) in [5.41, 5.74) is 0. The number of carbonyl (C=O) groups excluding carboxylic acids is 2. The maximum Gasteiger partial charge on any atom is 0.289 e. The van der Waals surface area contributed by atoms with Gasteiger partial charge in [0, 0.05) is 0 Å². The number of rotatable bonds is 2. The summed E-state index contributed by atoms with van der Waals surface area (Å²) in [5.74, 6) is 0.572. The number of hydrogen-bond acceptors (Lipinski definition) is 5. The number of nitrogens with zero attached hydrogens (tertiary/aromatic N) is 3. The Balaban J connectivity index is 2.09. The molecule has 6 nitrogen and oxygen atoms in total. The number of nitrogens with one attached hydrogen (secondary N) is 1. The summed E-state index contributed by atoms with van der Waals surface area (Å²) in [6.45, 7) is 0.185. The number of imide groups is 1. The molecule has 1 aliphatic heterocycles. The number of aromatic amines is 1. The first-order valence-electron chi connectivity index (χ1n) is 3.59. The first-order valence-corrected chi connectivity index (χ1v) is 4.57. The molecule has 13 heavy (non-hydrogen) atoms. The molecule has 0 bridgehead atoms. The molecule has 2 rings (SSSR count). The second kappa shape index (κ2) is 3.17. The van der Waals surface area contributed by atoms with Gasteiger partial charge in [-0.05, 0) is 0 Å². The number of aromatic nitrogens is 3. The van der Waals surface area contributed by atoms with Crippen molar-refractivity contribution in [3.8, 4) is 0 Å². The molecule has 1 aromatic heterocycles. The topological polar surface area (TPSA) is 79.0 Å². The van der Waals surface area contributed by atoms with Gasteiger partial charge in [0.1, 0.15) is 12.2 Å². The molecular formula is C6H6N4O2S. The van der Waals surface area contributed by atoms with Crippen molar-refractivity contribution in [2.75, 3.05) is 5.75 Å². The fourth-order valence-corrected chi connectivity index (χ4v) is 1.72. The smallest absolute Gasteiger partial charge is 0.273 e. The number of carbonyl (C=O) groups is 2. The molecule has 1 fully saturated rings. The van der Waals surface area contributed by atoms with E-state index in [0.717, 1.165) is 16.7 Å². The van der Waals surface area contributed by atoms with E-state index in [1.54, 1.807) is 0 Å². The SMILES string of the molecule is O=C1CSC(=O)N1Cc1ncn[nH]1. The van der Waals surface area contributed by atoms with Gasteiger partial charge in [0.25, 0.3) is 5.24 Å². The van der Waals surface area contributed by atoms with Gasteiger partial charge in [-0.2, -0.15) is 5.10 Å². The Labute approximate surface area is 77.7 Å². The van der Waals surface area contributed by atoms with Crippen molar-refractivity contribution in [2.24, 2.45) is 0 Å². The monoisotopic (exact) mass is 198 g/mol. The quantitative estimate of drug-likeness (QED) is 0.723. The average Bonchev–Trinajstić information content (AvgIpc) is 2.70. The van der Waals surface area contributed by atoms with Gasteiger partial charge in [0.2, 0.25) is 5.91 Å². The number of thioether (sulfide) groups is 1. The highest BCUT2D eigenvalue weighted by Crippen LogP contribution is 2.19. The molecule has 1 N–H and O–H groups in total. The van der Waals surface area contributed by atoms with E-state index >= 15 is 0 Å². The lowest BCUT2D eigenvalue weighted by molar-refractivity contribution is -0.125. The zero-order valence-electron chi connectivity index (χ0n) is 6.56. The molecule has 0 saturated carbocycles. The van der Waals surface area contributed by atoms with E-state index in [4.69, 9.17) is 0 Å². The fraction of sp³-hybridized carbons (Fsp3) is 0.333. The normalized spacial score (nSPS) is 17.1. The second-order valence-electron chi connectivity index (χ2n) is 2.47. The van der Waals surface area contributed by atoms with E-state index < -0.39 is 0 Å². The van der Waals surface area contributed by atoms with Crippen LogP contribution in [0.5, 0.6) is 0 Å². The van der Waals surface area contributed by atoms with Crippen molar-refractivity contribution in [1.82, 2.24) is 20.1 Å². The molecule has 0 aromatic carbocycles. The summed E-state index contributed by atoms with van der Waals surface area (Å²) >= 11 is 1.01. The molecule has 2 amide bonds. The molecule has 68 valence electrons. The molecule has 0 radical (unpaired) electrons. The third-order valence-corrected chi connectivity index (χ3v) is 2.47. The van der Waals surface area contributed by atoms with E-state index in [1.807, 2.05) is 0 Å². The number of amides is 2. The van der Waals surface area contributed by atoms with E-state index in [0.29, 0.717) is 5.82 Å². The summed E-state index contributed by atoms with van der Waals surface area (Å²) in [7, 11) is 0. The van der Waals surface area contributed by atoms with E-state index in [1.165, 1.54) is 6.33 Å². The maximum absolute atomic E-state index is 11.1. The first-order chi connectivity index (χ1) is 6.27. The van der Waals surface area contributed by atoms with Crippen LogP contribution in [0.1, 0.15) is 5.82 Å². The molecular weight excluding hydrogens is 192 g/mol. The summed E-state index contributed by atoms with van der Waals surface area (Å²) in [6, 6.07) is 0. The van der Waals surface area contributed by atoms with Crippen LogP contribution < -0.4 is 0 Å². The molecule has 1 saturated heterocycles. The van der Waals surface area contributed by atoms with E-state index in [9.17, 15) is 9.59 Å². The van der Waals surface area contributed by atoms with Gasteiger partial charge in [0.15, 0.2) is 0 Å². The van der Waals surface area contributed by atoms with Crippen LogP contribution >= 0.6 is 11.8 Å². The van der Waals surface area contributed by atoms with Crippen LogP contribution in [0.25, 0.3) is 0 Å². The van der Waals surface area contributed by atoms with Crippen LogP contribution in [0.2, 0.25) is 0 Å². The Bertz CT molecular complexity index is 320. The van der Waals surface area contributed by atoms with Gasteiger partial charge >= 0.3 is 0 Å². The van der Waals surface area contributed by atoms with Crippen molar-refractivity contribution < 1.29 is 9.59 Å². The minimum absolute atomic E-state index is 0.175. The minimum atomic E-state index is -0.221. The van der Waals surface area contributed by atoms with Crippen LogP contribution in [-0.2, 0) is 11.3 Å². The summed E-state index contributed by atoms with van der Waals surface area (Å²) in [5, 5.41) is 5.99. The van der Waals surface area contributed by atoms with Crippen molar-refractivity contribution in [1.29, 1.82) is 0 Å². The van der Waals surface area contributed by atoms with Crippen LogP contribution in [0.15, 0.2) is 6.33 Å². The highest BCUT2D eigenvalue weighted by atomic mass is 32.2. The van der Waals surface area contributed by atoms with Gasteiger partial charge in [-0.1, -0.05) is 11.8 Å². The summed E-state index contributed by atoms with van der Waals surface area (Å²) < 4.78 is 0. The Morgan fingerprint density at radius 1 is 1.62 bits per heavy atom. The van der Waals surface area contributed by atoms with Crippen molar-refractivity contribution in [3.05, 3.63) is 12.2 Å². The Morgan fingerprint density at radius 2 is 2.46 bits per heavy atom. The van der Waals surface area contributed by atoms with Gasteiger partial charge < -0.3 is 0 Å². The lowest BCUT2D eigenvalue weighted by Gasteiger charge is -2.09. The summed E-state index contributed by atoms with van der Waals surface area (Å²) in [6.07, 6.45) is 1.34. The van der Waals surface area contributed by atoms with Crippen LogP contribution in [-0.4, -0.2) is 37.0 Å². The van der Waals surface area contributed by atoms with Gasteiger partial charge in [-0.15, -0.1) is 0 Å². The third kappa shape index (κ3) is 1.55. The molecule has 2 heterocycles. The predicted molar refractivity (Wildman–Crippen MR) is 44.8 cm³/mol. The van der Waals surface area contributed by atoms with E-state index in [2.05, 4.69) is 15.2 Å². The second-order valence-corrected chi connectivity index (χ2v) is 3.39. The Kier molecular flexibility index (Phi) is 2.01. The van der Waals surface area contributed by atoms with Gasteiger partial charge in [0.05, 0.1) is 12.3 Å². The summed E-state index contributed by atoms with van der Waals surface area (Å²) in [4.78, 5) is 27.2. The predicted octanol–water partition coefficient (Wildman–Crippen LogP) is 0.000100. The van der Waals surface area contributed by atoms with Crippen LogP contribution in [0.4, 0.5) is 4.79 Å². The standard InChI is InChI=1S/C6H6N4O2S/c11-5-2-13-6(12)10(5)1-4-7-3-8-9-4/h3H,1-2H2,(H,7,8,9). The Morgan fingerprint density at radius 3 is 3.00 bits per heavy atom. The molecule has 1 aromatic rings. The number of hydrogen-bond donors (Lipinski definition) is 1. The van der Waals surface area contributed by atoms with Gasteiger partial charge in [-0.3, -0.25) is 19.6 Å². The molecule has 0 aliphatic carbocycles. The third-order valence-electron chi connectivity index (χ3n) is 1.61. The van der Waals surface area contributed by atoms with Crippen LogP contribution in [0.3, 0.4) is 0 Å². The molecule has 1 aliphatic rings. The zero-order chi connectivity index (χ0) is 9.26. The van der Waals surface area contributed by atoms with E-state index in [-0.39, 0.29) is 23.4 Å². The van der Waals surface area contributed by atoms with Crippen molar-refractivity contribution in [2.45, 2.75) is 6.54 Å². The van der Waals surface area contributed by atoms with Crippen molar-refractivity contribution >= 4 is 22.9 Å². The fourth-order valence-electron chi connectivity index (χ4n) is 0.991. The molecule has 7 heteroatoms. The lowest BCUT2D eigenvalue weighted by atomic mass is 10.5.